The largest absolute Gasteiger partial charge is 0.481 e. The normalized spacial score (nSPS) is 15.8. The SMILES string of the molecule is C#CCOc1cccc(Nc2ncc3ncn(C4CCN(C(=O)C=C)C4)c3n2)c1. The number of rotatable bonds is 6. The topological polar surface area (TPSA) is 85.2 Å². The zero-order valence-electron chi connectivity index (χ0n) is 15.8. The average Bonchev–Trinajstić information content (AvgIpc) is 3.38. The Morgan fingerprint density at radius 3 is 3.17 bits per heavy atom. The lowest BCUT2D eigenvalue weighted by atomic mass is 10.2. The third-order valence-corrected chi connectivity index (χ3v) is 4.77. The van der Waals surface area contributed by atoms with Gasteiger partial charge in [0.1, 0.15) is 17.9 Å². The van der Waals surface area contributed by atoms with Crippen LogP contribution in [0, 0.1) is 12.3 Å². The second-order valence-corrected chi connectivity index (χ2v) is 6.63. The number of carbonyl (C=O) groups is 1. The van der Waals surface area contributed by atoms with Crippen LogP contribution in [-0.4, -0.2) is 50.0 Å². The number of terminal acetylenes is 1. The summed E-state index contributed by atoms with van der Waals surface area (Å²) in [5.74, 6) is 3.50. The molecule has 1 amide bonds. The van der Waals surface area contributed by atoms with Crippen LogP contribution < -0.4 is 10.1 Å². The Balaban J connectivity index is 1.56. The molecule has 1 fully saturated rings. The van der Waals surface area contributed by atoms with Gasteiger partial charge >= 0.3 is 0 Å². The lowest BCUT2D eigenvalue weighted by Crippen LogP contribution is -2.27. The van der Waals surface area contributed by atoms with Crippen molar-refractivity contribution in [3.8, 4) is 18.1 Å². The summed E-state index contributed by atoms with van der Waals surface area (Å²) in [5, 5.41) is 3.18. The predicted molar refractivity (Wildman–Crippen MR) is 110 cm³/mol. The molecular formula is C21H20N6O2. The highest BCUT2D eigenvalue weighted by Gasteiger charge is 2.27. The summed E-state index contributed by atoms with van der Waals surface area (Å²) < 4.78 is 7.45. The van der Waals surface area contributed by atoms with Crippen molar-refractivity contribution in [1.29, 1.82) is 0 Å². The fraction of sp³-hybridized carbons (Fsp3) is 0.238. The molecule has 1 saturated heterocycles. The molecular weight excluding hydrogens is 368 g/mol. The van der Waals surface area contributed by atoms with Crippen molar-refractivity contribution in [3.05, 3.63) is 49.4 Å². The Morgan fingerprint density at radius 2 is 2.34 bits per heavy atom. The second kappa shape index (κ2) is 8.02. The molecule has 3 aromatic rings. The van der Waals surface area contributed by atoms with E-state index < -0.39 is 0 Å². The summed E-state index contributed by atoms with van der Waals surface area (Å²) >= 11 is 0. The number of nitrogens with one attached hydrogen (secondary N) is 1. The van der Waals surface area contributed by atoms with Gasteiger partial charge in [-0.25, -0.2) is 9.97 Å². The summed E-state index contributed by atoms with van der Waals surface area (Å²) in [6.45, 7) is 5.06. The average molecular weight is 388 g/mol. The van der Waals surface area contributed by atoms with Crippen molar-refractivity contribution in [2.75, 3.05) is 25.0 Å². The van der Waals surface area contributed by atoms with Crippen molar-refractivity contribution in [3.63, 3.8) is 0 Å². The second-order valence-electron chi connectivity index (χ2n) is 6.63. The molecule has 0 radical (unpaired) electrons. The van der Waals surface area contributed by atoms with Gasteiger partial charge in [-0.3, -0.25) is 4.79 Å². The van der Waals surface area contributed by atoms with Crippen LogP contribution in [0.4, 0.5) is 11.6 Å². The Hall–Kier alpha value is -3.86. The van der Waals surface area contributed by atoms with Crippen LogP contribution >= 0.6 is 0 Å². The molecule has 1 aliphatic heterocycles. The first-order valence-electron chi connectivity index (χ1n) is 9.22. The molecule has 8 nitrogen and oxygen atoms in total. The maximum Gasteiger partial charge on any atom is 0.246 e. The number of hydrogen-bond acceptors (Lipinski definition) is 6. The van der Waals surface area contributed by atoms with E-state index in [0.29, 0.717) is 30.3 Å². The van der Waals surface area contributed by atoms with Gasteiger partial charge in [-0.1, -0.05) is 18.6 Å². The van der Waals surface area contributed by atoms with Crippen molar-refractivity contribution in [1.82, 2.24) is 24.4 Å². The minimum absolute atomic E-state index is 0.0548. The molecule has 1 unspecified atom stereocenters. The minimum Gasteiger partial charge on any atom is -0.481 e. The summed E-state index contributed by atoms with van der Waals surface area (Å²) in [4.78, 5) is 27.0. The first kappa shape index (κ1) is 18.5. The fourth-order valence-corrected chi connectivity index (χ4v) is 3.37. The van der Waals surface area contributed by atoms with Gasteiger partial charge in [0, 0.05) is 24.8 Å². The monoisotopic (exact) mass is 388 g/mol. The first-order chi connectivity index (χ1) is 14.2. The number of hydrogen-bond donors (Lipinski definition) is 1. The highest BCUT2D eigenvalue weighted by atomic mass is 16.5. The Kier molecular flexibility index (Phi) is 5.12. The quantitative estimate of drug-likeness (QED) is 0.516. The molecule has 4 rings (SSSR count). The van der Waals surface area contributed by atoms with E-state index in [9.17, 15) is 4.79 Å². The molecule has 0 saturated carbocycles. The van der Waals surface area contributed by atoms with E-state index in [2.05, 4.69) is 32.8 Å². The zero-order valence-corrected chi connectivity index (χ0v) is 15.8. The Bertz CT molecular complexity index is 1100. The maximum atomic E-state index is 11.9. The number of amides is 1. The summed E-state index contributed by atoms with van der Waals surface area (Å²) in [6, 6.07) is 7.53. The fourth-order valence-electron chi connectivity index (χ4n) is 3.37. The highest BCUT2D eigenvalue weighted by molar-refractivity contribution is 5.87. The molecule has 2 aromatic heterocycles. The number of likely N-dealkylation sites (tertiary alicyclic amines) is 1. The molecule has 146 valence electrons. The van der Waals surface area contributed by atoms with Gasteiger partial charge in [0.05, 0.1) is 18.6 Å². The number of benzene rings is 1. The van der Waals surface area contributed by atoms with Crippen LogP contribution in [0.2, 0.25) is 0 Å². The number of nitrogens with zero attached hydrogens (tertiary/aromatic N) is 5. The molecule has 0 spiro atoms. The van der Waals surface area contributed by atoms with Crippen LogP contribution in [0.25, 0.3) is 11.2 Å². The number of imidazole rings is 1. The number of anilines is 2. The minimum atomic E-state index is -0.0548. The summed E-state index contributed by atoms with van der Waals surface area (Å²) in [7, 11) is 0. The molecule has 3 heterocycles. The molecule has 29 heavy (non-hydrogen) atoms. The van der Waals surface area contributed by atoms with E-state index in [4.69, 9.17) is 11.2 Å². The first-order valence-corrected chi connectivity index (χ1v) is 9.22. The van der Waals surface area contributed by atoms with Crippen molar-refractivity contribution in [2.45, 2.75) is 12.5 Å². The highest BCUT2D eigenvalue weighted by Crippen LogP contribution is 2.26. The van der Waals surface area contributed by atoms with Crippen LogP contribution in [0.3, 0.4) is 0 Å². The molecule has 0 aliphatic carbocycles. The van der Waals surface area contributed by atoms with E-state index >= 15 is 0 Å². The van der Waals surface area contributed by atoms with Gasteiger partial charge in [-0.15, -0.1) is 6.42 Å². The smallest absolute Gasteiger partial charge is 0.246 e. The number of fused-ring (bicyclic) bond motifs is 1. The number of aromatic nitrogens is 4. The van der Waals surface area contributed by atoms with Crippen molar-refractivity contribution >= 4 is 28.7 Å². The van der Waals surface area contributed by atoms with E-state index in [1.807, 2.05) is 28.8 Å². The molecule has 1 aliphatic rings. The molecule has 1 atom stereocenters. The molecule has 1 N–H and O–H groups in total. The van der Waals surface area contributed by atoms with Crippen LogP contribution in [-0.2, 0) is 4.79 Å². The lowest BCUT2D eigenvalue weighted by molar-refractivity contribution is -0.125. The third kappa shape index (κ3) is 3.89. The lowest BCUT2D eigenvalue weighted by Gasteiger charge is -2.15. The Morgan fingerprint density at radius 1 is 1.45 bits per heavy atom. The van der Waals surface area contributed by atoms with Crippen molar-refractivity contribution in [2.24, 2.45) is 0 Å². The summed E-state index contributed by atoms with van der Waals surface area (Å²) in [5.41, 5.74) is 2.21. The van der Waals surface area contributed by atoms with Gasteiger partial charge in [0.15, 0.2) is 5.65 Å². The molecule has 8 heteroatoms. The van der Waals surface area contributed by atoms with E-state index in [0.717, 1.165) is 17.8 Å². The van der Waals surface area contributed by atoms with Crippen LogP contribution in [0.1, 0.15) is 12.5 Å². The van der Waals surface area contributed by atoms with Crippen LogP contribution in [0.5, 0.6) is 5.75 Å². The zero-order chi connectivity index (χ0) is 20.2. The molecule has 0 bridgehead atoms. The van der Waals surface area contributed by atoms with Gasteiger partial charge in [0.2, 0.25) is 11.9 Å². The Labute approximate surface area is 168 Å². The summed E-state index contributed by atoms with van der Waals surface area (Å²) in [6.07, 6.45) is 10.9. The predicted octanol–water partition coefficient (Wildman–Crippen LogP) is 2.54. The van der Waals surface area contributed by atoms with Crippen molar-refractivity contribution < 1.29 is 9.53 Å². The third-order valence-electron chi connectivity index (χ3n) is 4.77. The standard InChI is InChI=1S/C21H20N6O2/c1-3-10-29-17-7-5-6-15(11-17)24-21-22-12-18-20(25-21)27(14-23-18)16-8-9-26(13-16)19(28)4-2/h1,4-7,11-12,14,16H,2,8-10,13H2,(H,22,24,25). The van der Waals surface area contributed by atoms with Gasteiger partial charge in [0.25, 0.3) is 0 Å². The van der Waals surface area contributed by atoms with Gasteiger partial charge in [-0.05, 0) is 24.6 Å². The van der Waals surface area contributed by atoms with E-state index in [1.54, 1.807) is 17.4 Å². The van der Waals surface area contributed by atoms with Gasteiger partial charge in [-0.2, -0.15) is 4.98 Å². The van der Waals surface area contributed by atoms with E-state index in [1.165, 1.54) is 6.08 Å². The van der Waals surface area contributed by atoms with Crippen LogP contribution in [0.15, 0.2) is 49.4 Å². The number of carbonyl (C=O) groups excluding carboxylic acids is 1. The molecule has 1 aromatic carbocycles. The number of ether oxygens (including phenoxy) is 1. The van der Waals surface area contributed by atoms with E-state index in [-0.39, 0.29) is 18.6 Å². The maximum absolute atomic E-state index is 11.9. The van der Waals surface area contributed by atoms with Gasteiger partial charge < -0.3 is 19.5 Å².